The number of ether oxygens (including phenoxy) is 1. The Morgan fingerprint density at radius 3 is 2.33 bits per heavy atom. The largest absolute Gasteiger partial charge is 0.467 e. The number of benzene rings is 2. The Labute approximate surface area is 239 Å². The van der Waals surface area contributed by atoms with Gasteiger partial charge in [0.05, 0.1) is 36.7 Å². The minimum atomic E-state index is -0.964. The summed E-state index contributed by atoms with van der Waals surface area (Å²) in [5.41, 5.74) is 14.4. The number of fused-ring (bicyclic) bond motifs is 2. The Kier molecular flexibility index (Phi) is 7.86. The molecule has 0 spiro atoms. The van der Waals surface area contributed by atoms with Gasteiger partial charge in [0.1, 0.15) is 6.04 Å². The number of esters is 1. The molecule has 14 nitrogen and oxygen atoms in total. The third-order valence-corrected chi connectivity index (χ3v) is 6.67. The fourth-order valence-corrected chi connectivity index (χ4v) is 4.53. The van der Waals surface area contributed by atoms with Crippen molar-refractivity contribution in [1.82, 2.24) is 30.2 Å². The number of aromatic nitrogens is 4. The highest BCUT2D eigenvalue weighted by atomic mass is 16.5. The van der Waals surface area contributed by atoms with Crippen molar-refractivity contribution in [3.8, 4) is 0 Å². The number of methoxy groups -OCH3 is 1. The average Bonchev–Trinajstić information content (AvgIpc) is 3.24. The maximum Gasteiger partial charge on any atom is 0.328 e. The van der Waals surface area contributed by atoms with Gasteiger partial charge in [0.2, 0.25) is 5.95 Å². The standard InChI is InChI=1S/C28H27N9O5/c1-42-27(41)20(7-4-12-37-25(39)18-5-2-3-6-19(18)26(37)40)34-24(38)15-8-10-16(11-9-15)31-13-17-14-32-23-21(33-17)22(29)35-28(30)36-23/h2-3,5-6,8-11,14,20,31H,4,7,12-13H2,1H3,(H,34,38)(H4,29,30,32,35,36)/t20-/m0/s1. The lowest BCUT2D eigenvalue weighted by Gasteiger charge is -2.19. The van der Waals surface area contributed by atoms with Crippen LogP contribution in [0.5, 0.6) is 0 Å². The molecule has 6 N–H and O–H groups in total. The zero-order chi connectivity index (χ0) is 29.8. The van der Waals surface area contributed by atoms with Gasteiger partial charge in [0, 0.05) is 17.8 Å². The lowest BCUT2D eigenvalue weighted by Crippen LogP contribution is -2.42. The predicted molar refractivity (Wildman–Crippen MR) is 152 cm³/mol. The fraction of sp³-hybridized carbons (Fsp3) is 0.214. The minimum Gasteiger partial charge on any atom is -0.467 e. The molecule has 1 atom stereocenters. The van der Waals surface area contributed by atoms with Gasteiger partial charge < -0.3 is 26.8 Å². The van der Waals surface area contributed by atoms with Gasteiger partial charge in [-0.25, -0.2) is 14.8 Å². The molecule has 2 aromatic carbocycles. The van der Waals surface area contributed by atoms with Crippen LogP contribution in [0, 0.1) is 0 Å². The second-order valence-electron chi connectivity index (χ2n) is 9.43. The van der Waals surface area contributed by atoms with Gasteiger partial charge >= 0.3 is 5.97 Å². The van der Waals surface area contributed by atoms with E-state index in [1.54, 1.807) is 54.7 Å². The SMILES string of the molecule is COC(=O)[C@H](CCCN1C(=O)c2ccccc2C1=O)NC(=O)c1ccc(NCc2cnc3nc(N)nc(N)c3n2)cc1. The normalized spacial score (nSPS) is 13.1. The summed E-state index contributed by atoms with van der Waals surface area (Å²) in [4.78, 5) is 68.2. The number of rotatable bonds is 10. The first kappa shape index (κ1) is 27.9. The van der Waals surface area contributed by atoms with E-state index >= 15 is 0 Å². The average molecular weight is 570 g/mol. The summed E-state index contributed by atoms with van der Waals surface area (Å²) in [5.74, 6) is -1.71. The molecule has 2 aromatic heterocycles. The van der Waals surface area contributed by atoms with E-state index in [9.17, 15) is 19.2 Å². The molecule has 214 valence electrons. The van der Waals surface area contributed by atoms with Crippen LogP contribution in [0.3, 0.4) is 0 Å². The van der Waals surface area contributed by atoms with Crippen molar-refractivity contribution in [3.63, 3.8) is 0 Å². The van der Waals surface area contributed by atoms with E-state index in [2.05, 4.69) is 30.6 Å². The Morgan fingerprint density at radius 1 is 0.976 bits per heavy atom. The molecule has 0 unspecified atom stereocenters. The lowest BCUT2D eigenvalue weighted by molar-refractivity contribution is -0.143. The molecule has 14 heteroatoms. The van der Waals surface area contributed by atoms with Crippen molar-refractivity contribution in [1.29, 1.82) is 0 Å². The number of nitrogens with zero attached hydrogens (tertiary/aromatic N) is 5. The van der Waals surface area contributed by atoms with Gasteiger partial charge in [0.15, 0.2) is 17.0 Å². The van der Waals surface area contributed by atoms with E-state index in [1.165, 1.54) is 7.11 Å². The van der Waals surface area contributed by atoms with Crippen LogP contribution in [0.15, 0.2) is 54.7 Å². The summed E-state index contributed by atoms with van der Waals surface area (Å²) >= 11 is 0. The number of imide groups is 1. The zero-order valence-electron chi connectivity index (χ0n) is 22.5. The molecule has 1 aliphatic heterocycles. The quantitative estimate of drug-likeness (QED) is 0.158. The molecule has 0 radical (unpaired) electrons. The van der Waals surface area contributed by atoms with Gasteiger partial charge in [0.25, 0.3) is 17.7 Å². The molecule has 0 fully saturated rings. The van der Waals surface area contributed by atoms with Crippen LogP contribution >= 0.6 is 0 Å². The van der Waals surface area contributed by atoms with Gasteiger partial charge in [-0.05, 0) is 49.2 Å². The summed E-state index contributed by atoms with van der Waals surface area (Å²) in [6.45, 7) is 0.418. The molecular weight excluding hydrogens is 542 g/mol. The molecule has 42 heavy (non-hydrogen) atoms. The molecule has 4 aromatic rings. The molecule has 0 bridgehead atoms. The molecule has 0 saturated heterocycles. The third-order valence-electron chi connectivity index (χ3n) is 6.67. The van der Waals surface area contributed by atoms with E-state index in [-0.39, 0.29) is 43.0 Å². The third kappa shape index (κ3) is 5.77. The number of carbonyl (C=O) groups excluding carboxylic acids is 4. The highest BCUT2D eigenvalue weighted by Gasteiger charge is 2.35. The number of nitrogens with two attached hydrogens (primary N) is 2. The number of anilines is 3. The Morgan fingerprint density at radius 2 is 1.67 bits per heavy atom. The summed E-state index contributed by atoms with van der Waals surface area (Å²) in [7, 11) is 1.23. The maximum absolute atomic E-state index is 12.9. The van der Waals surface area contributed by atoms with Crippen LogP contribution < -0.4 is 22.1 Å². The minimum absolute atomic E-state index is 0.0172. The smallest absolute Gasteiger partial charge is 0.328 e. The molecular formula is C28H27N9O5. The van der Waals surface area contributed by atoms with Crippen molar-refractivity contribution in [2.45, 2.75) is 25.4 Å². The van der Waals surface area contributed by atoms with Gasteiger partial charge in [-0.15, -0.1) is 0 Å². The van der Waals surface area contributed by atoms with E-state index in [0.29, 0.717) is 45.8 Å². The number of amides is 3. The van der Waals surface area contributed by atoms with Crippen molar-refractivity contribution in [2.75, 3.05) is 30.4 Å². The van der Waals surface area contributed by atoms with Crippen molar-refractivity contribution in [3.05, 3.63) is 77.1 Å². The van der Waals surface area contributed by atoms with Crippen LogP contribution in [0.1, 0.15) is 49.6 Å². The van der Waals surface area contributed by atoms with Crippen LogP contribution in [0.2, 0.25) is 0 Å². The first-order valence-corrected chi connectivity index (χ1v) is 13.0. The monoisotopic (exact) mass is 569 g/mol. The van der Waals surface area contributed by atoms with Crippen LogP contribution in [-0.2, 0) is 16.1 Å². The molecule has 3 heterocycles. The second kappa shape index (κ2) is 11.8. The molecule has 0 aliphatic carbocycles. The number of hydrogen-bond acceptors (Lipinski definition) is 12. The van der Waals surface area contributed by atoms with Crippen LogP contribution in [-0.4, -0.2) is 68.2 Å². The van der Waals surface area contributed by atoms with Gasteiger partial charge in [-0.3, -0.25) is 19.3 Å². The number of nitrogen functional groups attached to an aromatic ring is 2. The van der Waals surface area contributed by atoms with Crippen LogP contribution in [0.25, 0.3) is 11.2 Å². The summed E-state index contributed by atoms with van der Waals surface area (Å²) in [5, 5.41) is 5.86. The highest BCUT2D eigenvalue weighted by Crippen LogP contribution is 2.23. The number of hydrogen-bond donors (Lipinski definition) is 4. The van der Waals surface area contributed by atoms with Gasteiger partial charge in [-0.1, -0.05) is 12.1 Å². The molecule has 1 aliphatic rings. The summed E-state index contributed by atoms with van der Waals surface area (Å²) in [6, 6.07) is 12.3. The Balaban J connectivity index is 1.16. The van der Waals surface area contributed by atoms with E-state index in [1.807, 2.05) is 0 Å². The van der Waals surface area contributed by atoms with Crippen LogP contribution in [0.4, 0.5) is 17.5 Å². The topological polar surface area (TPSA) is 208 Å². The fourth-order valence-electron chi connectivity index (χ4n) is 4.53. The number of carbonyl (C=O) groups is 4. The van der Waals surface area contributed by atoms with E-state index in [0.717, 1.165) is 4.90 Å². The summed E-state index contributed by atoms with van der Waals surface area (Å²) < 4.78 is 4.85. The lowest BCUT2D eigenvalue weighted by atomic mass is 10.1. The van der Waals surface area contributed by atoms with Crippen molar-refractivity contribution >= 4 is 52.3 Å². The number of nitrogens with one attached hydrogen (secondary N) is 2. The summed E-state index contributed by atoms with van der Waals surface area (Å²) in [6.07, 6.45) is 2.00. The second-order valence-corrected chi connectivity index (χ2v) is 9.43. The molecule has 3 amide bonds. The zero-order valence-corrected chi connectivity index (χ0v) is 22.5. The Hall–Kier alpha value is -5.66. The molecule has 0 saturated carbocycles. The van der Waals surface area contributed by atoms with Crippen molar-refractivity contribution < 1.29 is 23.9 Å². The van der Waals surface area contributed by atoms with E-state index in [4.69, 9.17) is 16.2 Å². The maximum atomic E-state index is 12.9. The molecule has 5 rings (SSSR count). The highest BCUT2D eigenvalue weighted by molar-refractivity contribution is 6.21. The Bertz CT molecular complexity index is 1660. The van der Waals surface area contributed by atoms with E-state index < -0.39 is 17.9 Å². The van der Waals surface area contributed by atoms with Gasteiger partial charge in [-0.2, -0.15) is 9.97 Å². The first-order valence-electron chi connectivity index (χ1n) is 13.0. The predicted octanol–water partition coefficient (Wildman–Crippen LogP) is 1.54. The van der Waals surface area contributed by atoms with Crippen molar-refractivity contribution in [2.24, 2.45) is 0 Å². The first-order chi connectivity index (χ1) is 20.2.